The number of alkyl halides is 4. The zero-order valence-electron chi connectivity index (χ0n) is 8.15. The van der Waals surface area contributed by atoms with Crippen molar-refractivity contribution in [2.75, 3.05) is 6.61 Å². The molecule has 0 fully saturated rings. The fourth-order valence-corrected chi connectivity index (χ4v) is 2.25. The van der Waals surface area contributed by atoms with Crippen LogP contribution in [0.2, 0.25) is 0 Å². The zero-order chi connectivity index (χ0) is 12.2. The second-order valence-corrected chi connectivity index (χ2v) is 4.52. The van der Waals surface area contributed by atoms with Gasteiger partial charge in [-0.2, -0.15) is 13.2 Å². The minimum atomic E-state index is -4.17. The third-order valence-corrected chi connectivity index (χ3v) is 3.19. The predicted molar refractivity (Wildman–Crippen MR) is 62.9 cm³/mol. The molecule has 0 saturated carbocycles. The first-order valence-electron chi connectivity index (χ1n) is 4.46. The van der Waals surface area contributed by atoms with Crippen molar-refractivity contribution in [1.82, 2.24) is 0 Å². The number of ether oxygens (including phenoxy) is 1. The Bertz CT molecular complexity index is 352. The Morgan fingerprint density at radius 3 is 2.50 bits per heavy atom. The van der Waals surface area contributed by atoms with E-state index in [1.165, 1.54) is 0 Å². The van der Waals surface area contributed by atoms with Gasteiger partial charge in [-0.05, 0) is 23.8 Å². The van der Waals surface area contributed by atoms with Crippen LogP contribution in [0.25, 0.3) is 0 Å². The molecule has 0 aliphatic rings. The molecule has 1 rings (SSSR count). The summed E-state index contributed by atoms with van der Waals surface area (Å²) in [6.07, 6.45) is -5.11. The summed E-state index contributed by atoms with van der Waals surface area (Å²) >= 11 is 6.60. The van der Waals surface area contributed by atoms with Crippen molar-refractivity contribution in [3.05, 3.63) is 28.2 Å². The average molecular weight is 362 g/mol. The second kappa shape index (κ2) is 5.91. The number of benzene rings is 1. The molecule has 0 aromatic heterocycles. The van der Waals surface area contributed by atoms with Gasteiger partial charge in [-0.25, -0.2) is 0 Å². The SMILES string of the molecule is FC(F)(F)CCOc1ccc(Br)c(CBr)c1. The van der Waals surface area contributed by atoms with Crippen molar-refractivity contribution in [3.63, 3.8) is 0 Å². The van der Waals surface area contributed by atoms with Crippen LogP contribution in [0, 0.1) is 0 Å². The highest BCUT2D eigenvalue weighted by Gasteiger charge is 2.26. The van der Waals surface area contributed by atoms with Crippen molar-refractivity contribution in [1.29, 1.82) is 0 Å². The van der Waals surface area contributed by atoms with Crippen molar-refractivity contribution >= 4 is 31.9 Å². The summed E-state index contributed by atoms with van der Waals surface area (Å²) in [5.41, 5.74) is 0.935. The van der Waals surface area contributed by atoms with Crippen LogP contribution in [0.5, 0.6) is 5.75 Å². The highest BCUT2D eigenvalue weighted by molar-refractivity contribution is 9.10. The van der Waals surface area contributed by atoms with Crippen LogP contribution in [-0.4, -0.2) is 12.8 Å². The van der Waals surface area contributed by atoms with Crippen LogP contribution in [0.15, 0.2) is 22.7 Å². The predicted octanol–water partition coefficient (Wildman–Crippen LogP) is 4.68. The first-order valence-corrected chi connectivity index (χ1v) is 6.38. The maximum absolute atomic E-state index is 11.9. The molecule has 0 radical (unpaired) electrons. The Balaban J connectivity index is 2.55. The number of hydrogen-bond donors (Lipinski definition) is 0. The van der Waals surface area contributed by atoms with Gasteiger partial charge in [0.25, 0.3) is 0 Å². The molecule has 0 atom stereocenters. The molecule has 0 unspecified atom stereocenters. The van der Waals surface area contributed by atoms with Gasteiger partial charge in [0.05, 0.1) is 13.0 Å². The van der Waals surface area contributed by atoms with E-state index in [9.17, 15) is 13.2 Å². The van der Waals surface area contributed by atoms with Gasteiger partial charge in [-0.1, -0.05) is 31.9 Å². The maximum atomic E-state index is 11.9. The van der Waals surface area contributed by atoms with Crippen LogP contribution < -0.4 is 4.74 Å². The van der Waals surface area contributed by atoms with Gasteiger partial charge < -0.3 is 4.74 Å². The largest absolute Gasteiger partial charge is 0.493 e. The van der Waals surface area contributed by atoms with E-state index in [1.807, 2.05) is 0 Å². The first kappa shape index (κ1) is 13.8. The number of rotatable bonds is 4. The third-order valence-electron chi connectivity index (χ3n) is 1.82. The third kappa shape index (κ3) is 4.74. The van der Waals surface area contributed by atoms with Gasteiger partial charge in [-0.3, -0.25) is 0 Å². The van der Waals surface area contributed by atoms with Crippen LogP contribution in [0.4, 0.5) is 13.2 Å². The van der Waals surface area contributed by atoms with Gasteiger partial charge in [0.2, 0.25) is 0 Å². The molecule has 0 saturated heterocycles. The van der Waals surface area contributed by atoms with Gasteiger partial charge in [0, 0.05) is 9.80 Å². The van der Waals surface area contributed by atoms with E-state index >= 15 is 0 Å². The van der Waals surface area contributed by atoms with E-state index in [2.05, 4.69) is 31.9 Å². The molecule has 1 aromatic carbocycles. The second-order valence-electron chi connectivity index (χ2n) is 3.10. The molecule has 0 bridgehead atoms. The van der Waals surface area contributed by atoms with Crippen LogP contribution in [-0.2, 0) is 5.33 Å². The van der Waals surface area contributed by atoms with Crippen LogP contribution >= 0.6 is 31.9 Å². The van der Waals surface area contributed by atoms with Crippen LogP contribution in [0.3, 0.4) is 0 Å². The minimum absolute atomic E-state index is 0.354. The molecule has 0 amide bonds. The Labute approximate surface area is 108 Å². The van der Waals surface area contributed by atoms with E-state index in [4.69, 9.17) is 4.74 Å². The molecule has 0 aliphatic heterocycles. The lowest BCUT2D eigenvalue weighted by Crippen LogP contribution is -2.13. The van der Waals surface area contributed by atoms with E-state index in [0.29, 0.717) is 11.1 Å². The van der Waals surface area contributed by atoms with E-state index in [-0.39, 0.29) is 6.61 Å². The van der Waals surface area contributed by atoms with Gasteiger partial charge >= 0.3 is 6.18 Å². The molecular weight excluding hydrogens is 353 g/mol. The maximum Gasteiger partial charge on any atom is 0.392 e. The Hall–Kier alpha value is -0.230. The summed E-state index contributed by atoms with van der Waals surface area (Å²) < 4.78 is 41.5. The smallest absolute Gasteiger partial charge is 0.392 e. The summed E-state index contributed by atoms with van der Waals surface area (Å²) in [6.45, 7) is -0.354. The monoisotopic (exact) mass is 360 g/mol. The molecule has 1 nitrogen and oxygen atoms in total. The topological polar surface area (TPSA) is 9.23 Å². The van der Waals surface area contributed by atoms with E-state index in [0.717, 1.165) is 10.0 Å². The molecule has 16 heavy (non-hydrogen) atoms. The molecule has 0 N–H and O–H groups in total. The highest BCUT2D eigenvalue weighted by atomic mass is 79.9. The molecule has 0 aliphatic carbocycles. The fourth-order valence-electron chi connectivity index (χ4n) is 1.03. The molecule has 1 aromatic rings. The summed E-state index contributed by atoms with van der Waals surface area (Å²) in [6, 6.07) is 5.08. The molecule has 6 heteroatoms. The zero-order valence-corrected chi connectivity index (χ0v) is 11.3. The first-order chi connectivity index (χ1) is 7.42. The summed E-state index contributed by atoms with van der Waals surface area (Å²) in [5, 5.41) is 0.615. The lowest BCUT2D eigenvalue weighted by atomic mass is 10.2. The average Bonchev–Trinajstić information content (AvgIpc) is 2.18. The molecule has 90 valence electrons. The summed E-state index contributed by atoms with van der Waals surface area (Å²) in [4.78, 5) is 0. The number of hydrogen-bond acceptors (Lipinski definition) is 1. The normalized spacial score (nSPS) is 11.6. The van der Waals surface area contributed by atoms with Crippen molar-refractivity contribution in [2.24, 2.45) is 0 Å². The van der Waals surface area contributed by atoms with Crippen molar-refractivity contribution < 1.29 is 17.9 Å². The Morgan fingerprint density at radius 1 is 1.25 bits per heavy atom. The Morgan fingerprint density at radius 2 is 1.94 bits per heavy atom. The van der Waals surface area contributed by atoms with Crippen LogP contribution in [0.1, 0.15) is 12.0 Å². The quantitative estimate of drug-likeness (QED) is 0.708. The van der Waals surface area contributed by atoms with Gasteiger partial charge in [0.1, 0.15) is 5.75 Å². The van der Waals surface area contributed by atoms with Crippen molar-refractivity contribution in [3.8, 4) is 5.75 Å². The highest BCUT2D eigenvalue weighted by Crippen LogP contribution is 2.25. The molecular formula is C10H9Br2F3O. The minimum Gasteiger partial charge on any atom is -0.493 e. The van der Waals surface area contributed by atoms with Gasteiger partial charge in [-0.15, -0.1) is 0 Å². The molecule has 0 heterocycles. The molecule has 0 spiro atoms. The van der Waals surface area contributed by atoms with Gasteiger partial charge in [0.15, 0.2) is 0 Å². The lowest BCUT2D eigenvalue weighted by molar-refractivity contribution is -0.139. The fraction of sp³-hybridized carbons (Fsp3) is 0.400. The lowest BCUT2D eigenvalue weighted by Gasteiger charge is -2.10. The summed E-state index contributed by atoms with van der Waals surface area (Å²) in [7, 11) is 0. The van der Waals surface area contributed by atoms with Crippen molar-refractivity contribution in [2.45, 2.75) is 17.9 Å². The standard InChI is InChI=1S/C10H9Br2F3O/c11-6-7-5-8(1-2-9(7)12)16-4-3-10(13,14)15/h1-2,5H,3-4,6H2. The summed E-state index contributed by atoms with van der Waals surface area (Å²) in [5.74, 6) is 0.446. The number of halogens is 5. The Kier molecular flexibility index (Phi) is 5.11. The van der Waals surface area contributed by atoms with E-state index in [1.54, 1.807) is 18.2 Å². The van der Waals surface area contributed by atoms with E-state index < -0.39 is 12.6 Å².